The van der Waals surface area contributed by atoms with Gasteiger partial charge in [0, 0.05) is 23.1 Å². The summed E-state index contributed by atoms with van der Waals surface area (Å²) in [6.07, 6.45) is 1.63. The summed E-state index contributed by atoms with van der Waals surface area (Å²) in [6.45, 7) is 4.29. The van der Waals surface area contributed by atoms with Crippen molar-refractivity contribution in [2.75, 3.05) is 17.7 Å². The number of hydrogen-bond donors (Lipinski definition) is 2. The Labute approximate surface area is 159 Å². The molecular weight excluding hydrogens is 338 g/mol. The quantitative estimate of drug-likeness (QED) is 0.633. The highest BCUT2D eigenvalue weighted by Gasteiger charge is 2.10. The Morgan fingerprint density at radius 2 is 1.78 bits per heavy atom. The number of carbonyl (C=O) groups excluding carboxylic acids is 1. The Bertz CT molecular complexity index is 921. The second-order valence-corrected chi connectivity index (χ2v) is 6.48. The van der Waals surface area contributed by atoms with E-state index in [2.05, 4.69) is 35.5 Å². The van der Waals surface area contributed by atoms with Crippen LogP contribution in [0.4, 0.5) is 17.2 Å². The molecule has 1 amide bonds. The third-order valence-electron chi connectivity index (χ3n) is 4.22. The summed E-state index contributed by atoms with van der Waals surface area (Å²) >= 11 is 0. The first kappa shape index (κ1) is 18.5. The molecule has 0 aliphatic carbocycles. The fourth-order valence-corrected chi connectivity index (χ4v) is 2.77. The van der Waals surface area contributed by atoms with Crippen LogP contribution in [0.3, 0.4) is 0 Å². The van der Waals surface area contributed by atoms with E-state index in [0.717, 1.165) is 11.4 Å². The number of benzene rings is 2. The first-order chi connectivity index (χ1) is 13.1. The van der Waals surface area contributed by atoms with Crippen molar-refractivity contribution in [1.29, 1.82) is 0 Å². The van der Waals surface area contributed by atoms with Crippen molar-refractivity contribution in [3.63, 3.8) is 0 Å². The van der Waals surface area contributed by atoms with Gasteiger partial charge in [-0.2, -0.15) is 0 Å². The van der Waals surface area contributed by atoms with Crippen LogP contribution >= 0.6 is 0 Å². The number of nitrogens with one attached hydrogen (secondary N) is 2. The number of methoxy groups -OCH3 is 1. The number of amides is 1. The maximum absolute atomic E-state index is 12.6. The van der Waals surface area contributed by atoms with Crippen molar-refractivity contribution in [3.05, 3.63) is 78.0 Å². The first-order valence-corrected chi connectivity index (χ1v) is 8.84. The van der Waals surface area contributed by atoms with Gasteiger partial charge in [0.2, 0.25) is 0 Å². The Hall–Kier alpha value is -3.34. The Morgan fingerprint density at radius 1 is 1.04 bits per heavy atom. The predicted molar refractivity (Wildman–Crippen MR) is 109 cm³/mol. The average Bonchev–Trinajstić information content (AvgIpc) is 2.69. The molecule has 5 nitrogen and oxygen atoms in total. The van der Waals surface area contributed by atoms with Crippen molar-refractivity contribution >= 4 is 23.1 Å². The molecule has 0 aliphatic heterocycles. The van der Waals surface area contributed by atoms with Crippen molar-refractivity contribution in [3.8, 4) is 5.75 Å². The highest BCUT2D eigenvalue weighted by atomic mass is 16.5. The van der Waals surface area contributed by atoms with Gasteiger partial charge in [-0.05, 0) is 53.9 Å². The highest BCUT2D eigenvalue weighted by Crippen LogP contribution is 2.26. The van der Waals surface area contributed by atoms with Crippen LogP contribution < -0.4 is 15.4 Å². The van der Waals surface area contributed by atoms with E-state index in [0.29, 0.717) is 23.0 Å². The summed E-state index contributed by atoms with van der Waals surface area (Å²) in [5.41, 5.74) is 3.43. The normalized spacial score (nSPS) is 10.5. The average molecular weight is 361 g/mol. The molecule has 2 N–H and O–H groups in total. The summed E-state index contributed by atoms with van der Waals surface area (Å²) < 4.78 is 5.13. The molecule has 0 fully saturated rings. The van der Waals surface area contributed by atoms with Gasteiger partial charge in [-0.25, -0.2) is 4.98 Å². The van der Waals surface area contributed by atoms with Crippen LogP contribution in [0.5, 0.6) is 5.75 Å². The Morgan fingerprint density at radius 3 is 2.48 bits per heavy atom. The van der Waals surface area contributed by atoms with E-state index < -0.39 is 0 Å². The number of rotatable bonds is 6. The molecule has 1 aromatic heterocycles. The third-order valence-corrected chi connectivity index (χ3v) is 4.22. The molecule has 0 atom stereocenters. The molecule has 0 radical (unpaired) electrons. The highest BCUT2D eigenvalue weighted by molar-refractivity contribution is 6.04. The minimum Gasteiger partial charge on any atom is -0.497 e. The second-order valence-electron chi connectivity index (χ2n) is 6.48. The zero-order valence-electron chi connectivity index (χ0n) is 15.7. The zero-order chi connectivity index (χ0) is 19.2. The van der Waals surface area contributed by atoms with E-state index in [1.807, 2.05) is 18.2 Å². The van der Waals surface area contributed by atoms with Gasteiger partial charge in [-0.1, -0.05) is 32.0 Å². The predicted octanol–water partition coefficient (Wildman–Crippen LogP) is 5.21. The minimum absolute atomic E-state index is 0.192. The van der Waals surface area contributed by atoms with Crippen LogP contribution in [0, 0.1) is 0 Å². The SMILES string of the molecule is COc1ccc(NC(=O)c2ccnc(Nc3ccccc3C(C)C)c2)cc1. The molecule has 1 heterocycles. The lowest BCUT2D eigenvalue weighted by Gasteiger charge is -2.14. The summed E-state index contributed by atoms with van der Waals surface area (Å²) in [4.78, 5) is 16.9. The Kier molecular flexibility index (Phi) is 5.71. The molecule has 0 spiro atoms. The number of anilines is 3. The summed E-state index contributed by atoms with van der Waals surface area (Å²) in [7, 11) is 1.61. The molecule has 3 rings (SSSR count). The molecule has 138 valence electrons. The van der Waals surface area contributed by atoms with Crippen LogP contribution in [0.1, 0.15) is 35.7 Å². The first-order valence-electron chi connectivity index (χ1n) is 8.84. The molecule has 0 saturated carbocycles. The summed E-state index contributed by atoms with van der Waals surface area (Å²) in [5, 5.41) is 6.20. The summed E-state index contributed by atoms with van der Waals surface area (Å²) in [5.74, 6) is 1.57. The van der Waals surface area contributed by atoms with Gasteiger partial charge in [0.1, 0.15) is 11.6 Å². The molecule has 0 unspecified atom stereocenters. The maximum atomic E-state index is 12.6. The van der Waals surface area contributed by atoms with Gasteiger partial charge in [0.15, 0.2) is 0 Å². The number of aromatic nitrogens is 1. The number of pyridine rings is 1. The van der Waals surface area contributed by atoms with Crippen molar-refractivity contribution in [1.82, 2.24) is 4.98 Å². The van der Waals surface area contributed by atoms with Crippen molar-refractivity contribution < 1.29 is 9.53 Å². The van der Waals surface area contributed by atoms with Crippen molar-refractivity contribution in [2.24, 2.45) is 0 Å². The number of para-hydroxylation sites is 1. The Balaban J connectivity index is 1.76. The van der Waals surface area contributed by atoms with Crippen LogP contribution in [0.2, 0.25) is 0 Å². The fourth-order valence-electron chi connectivity index (χ4n) is 2.77. The van der Waals surface area contributed by atoms with Crippen LogP contribution in [0.15, 0.2) is 66.9 Å². The molecule has 0 aliphatic rings. The van der Waals surface area contributed by atoms with Crippen LogP contribution in [0.25, 0.3) is 0 Å². The molecule has 3 aromatic rings. The van der Waals surface area contributed by atoms with E-state index in [4.69, 9.17) is 4.74 Å². The number of hydrogen-bond acceptors (Lipinski definition) is 4. The molecule has 27 heavy (non-hydrogen) atoms. The van der Waals surface area contributed by atoms with Gasteiger partial charge in [0.05, 0.1) is 7.11 Å². The lowest BCUT2D eigenvalue weighted by Crippen LogP contribution is -2.12. The number of carbonyl (C=O) groups is 1. The van der Waals surface area contributed by atoms with Gasteiger partial charge >= 0.3 is 0 Å². The molecule has 0 saturated heterocycles. The molecular formula is C22H23N3O2. The van der Waals surface area contributed by atoms with E-state index in [-0.39, 0.29) is 5.91 Å². The monoisotopic (exact) mass is 361 g/mol. The van der Waals surface area contributed by atoms with Gasteiger partial charge in [-0.3, -0.25) is 4.79 Å². The lowest BCUT2D eigenvalue weighted by atomic mass is 10.0. The minimum atomic E-state index is -0.192. The van der Waals surface area contributed by atoms with Crippen LogP contribution in [-0.4, -0.2) is 18.0 Å². The van der Waals surface area contributed by atoms with Gasteiger partial charge < -0.3 is 15.4 Å². The third kappa shape index (κ3) is 4.64. The van der Waals surface area contributed by atoms with Gasteiger partial charge in [-0.15, -0.1) is 0 Å². The van der Waals surface area contributed by atoms with E-state index in [1.54, 1.807) is 49.7 Å². The summed E-state index contributed by atoms with van der Waals surface area (Å²) in [6, 6.07) is 18.8. The topological polar surface area (TPSA) is 63.2 Å². The van der Waals surface area contributed by atoms with Crippen molar-refractivity contribution in [2.45, 2.75) is 19.8 Å². The largest absolute Gasteiger partial charge is 0.497 e. The standard InChI is InChI=1S/C22H23N3O2/c1-15(2)19-6-4-5-7-20(19)25-21-14-16(12-13-23-21)22(26)24-17-8-10-18(27-3)11-9-17/h4-15H,1-3H3,(H,23,25)(H,24,26). The van der Waals surface area contributed by atoms with E-state index in [1.165, 1.54) is 5.56 Å². The van der Waals surface area contributed by atoms with E-state index in [9.17, 15) is 4.79 Å². The fraction of sp³-hybridized carbons (Fsp3) is 0.182. The zero-order valence-corrected chi connectivity index (χ0v) is 15.7. The second kappa shape index (κ2) is 8.36. The van der Waals surface area contributed by atoms with E-state index >= 15 is 0 Å². The lowest BCUT2D eigenvalue weighted by molar-refractivity contribution is 0.102. The molecule has 5 heteroatoms. The molecule has 2 aromatic carbocycles. The van der Waals surface area contributed by atoms with Crippen LogP contribution in [-0.2, 0) is 0 Å². The molecule has 0 bridgehead atoms. The number of nitrogens with zero attached hydrogens (tertiary/aromatic N) is 1. The maximum Gasteiger partial charge on any atom is 0.255 e. The number of ether oxygens (including phenoxy) is 1. The van der Waals surface area contributed by atoms with Gasteiger partial charge in [0.25, 0.3) is 5.91 Å². The smallest absolute Gasteiger partial charge is 0.255 e.